The third-order valence-corrected chi connectivity index (χ3v) is 4.51. The van der Waals surface area contributed by atoms with Crippen molar-refractivity contribution in [3.63, 3.8) is 0 Å². The minimum Gasteiger partial charge on any atom is -0.397 e. The Morgan fingerprint density at radius 2 is 1.95 bits per heavy atom. The molecule has 0 aliphatic heterocycles. The van der Waals surface area contributed by atoms with Gasteiger partial charge in [-0.1, -0.05) is 0 Å². The van der Waals surface area contributed by atoms with Crippen LogP contribution in [-0.2, 0) is 8.53 Å². The van der Waals surface area contributed by atoms with Crippen LogP contribution >= 0.6 is 0 Å². The standard InChI is InChI=1S/C8H10AsNO5.C5H6N2/c1-5(11)10-6-3-2-4-7(12)8(6)9(13,14)15;6-5-2-1-3-7-4-5/h2-4,12H,1H3,(H,10,11)(H2,13,14,15);1-4H,6H2. The van der Waals surface area contributed by atoms with Gasteiger partial charge >= 0.3 is 88.1 Å². The van der Waals surface area contributed by atoms with Crippen molar-refractivity contribution >= 4 is 35.8 Å². The molecule has 9 heteroatoms. The van der Waals surface area contributed by atoms with Gasteiger partial charge in [-0.25, -0.2) is 0 Å². The summed E-state index contributed by atoms with van der Waals surface area (Å²) in [5.74, 6) is -0.987. The van der Waals surface area contributed by atoms with Crippen molar-refractivity contribution < 1.29 is 21.8 Å². The summed E-state index contributed by atoms with van der Waals surface area (Å²) in [7, 11) is 0. The fourth-order valence-electron chi connectivity index (χ4n) is 1.50. The maximum Gasteiger partial charge on any atom is 0.0500 e. The van der Waals surface area contributed by atoms with Crippen LogP contribution in [0.2, 0.25) is 0 Å². The van der Waals surface area contributed by atoms with Gasteiger partial charge < -0.3 is 5.73 Å². The number of nitrogens with one attached hydrogen (secondary N) is 1. The number of pyridine rings is 1. The fraction of sp³-hybridized carbons (Fsp3) is 0.0769. The number of nitrogen functional groups attached to an aromatic ring is 1. The summed E-state index contributed by atoms with van der Waals surface area (Å²) in [6.45, 7) is 1.21. The Morgan fingerprint density at radius 3 is 2.36 bits per heavy atom. The number of anilines is 2. The second kappa shape index (κ2) is 7.65. The van der Waals surface area contributed by atoms with Crippen LogP contribution in [0.4, 0.5) is 11.4 Å². The Labute approximate surface area is 129 Å². The van der Waals surface area contributed by atoms with E-state index in [1.54, 1.807) is 24.5 Å². The largest absolute Gasteiger partial charge is 0.397 e. The number of hydrogen-bond donors (Lipinski definition) is 5. The number of aromatic nitrogens is 1. The van der Waals surface area contributed by atoms with Crippen LogP contribution in [0.5, 0.6) is 5.75 Å². The summed E-state index contributed by atoms with van der Waals surface area (Å²) in [6, 6.07) is 7.45. The van der Waals surface area contributed by atoms with Crippen molar-refractivity contribution in [2.75, 3.05) is 11.1 Å². The van der Waals surface area contributed by atoms with Gasteiger partial charge in [-0.15, -0.1) is 0 Å². The number of phenols is 1. The molecule has 0 fully saturated rings. The molecule has 0 unspecified atom stereocenters. The molecule has 1 amide bonds. The van der Waals surface area contributed by atoms with Crippen molar-refractivity contribution in [1.82, 2.24) is 4.98 Å². The molecule has 22 heavy (non-hydrogen) atoms. The summed E-state index contributed by atoms with van der Waals surface area (Å²) < 4.78 is 28.6. The number of phenolic OH excluding ortho intramolecular Hbond substituents is 1. The number of carbonyl (C=O) groups excluding carboxylic acids is 1. The number of rotatable bonds is 2. The molecule has 2 rings (SSSR count). The number of amides is 1. The maximum atomic E-state index is 11.1. The first kappa shape index (κ1) is 17.8. The Morgan fingerprint density at radius 1 is 1.27 bits per heavy atom. The summed E-state index contributed by atoms with van der Waals surface area (Å²) >= 11 is -5.25. The molecule has 0 spiro atoms. The molecule has 0 saturated carbocycles. The van der Waals surface area contributed by atoms with Gasteiger partial charge in [0.15, 0.2) is 0 Å². The zero-order valence-electron chi connectivity index (χ0n) is 11.7. The maximum absolute atomic E-state index is 11.1. The number of nitrogens with zero attached hydrogens (tertiary/aromatic N) is 1. The number of carbonyl (C=O) groups is 1. The molecule has 2 aromatic rings. The van der Waals surface area contributed by atoms with E-state index in [9.17, 15) is 13.6 Å². The molecule has 0 aliphatic rings. The quantitative estimate of drug-likeness (QED) is 0.452. The van der Waals surface area contributed by atoms with E-state index < -0.39 is 30.2 Å². The van der Waals surface area contributed by atoms with E-state index >= 15 is 0 Å². The Hall–Kier alpha value is -2.28. The fourth-order valence-corrected chi connectivity index (χ4v) is 3.22. The summed E-state index contributed by atoms with van der Waals surface area (Å²) in [4.78, 5) is 14.5. The zero-order chi connectivity index (χ0) is 16.8. The van der Waals surface area contributed by atoms with E-state index in [2.05, 4.69) is 10.3 Å². The van der Waals surface area contributed by atoms with Crippen molar-refractivity contribution in [3.05, 3.63) is 42.7 Å². The number of hydrogen-bond acceptors (Lipinski definition) is 5. The third-order valence-electron chi connectivity index (χ3n) is 2.30. The van der Waals surface area contributed by atoms with Crippen LogP contribution in [0.25, 0.3) is 0 Å². The van der Waals surface area contributed by atoms with Crippen LogP contribution in [0.15, 0.2) is 42.7 Å². The van der Waals surface area contributed by atoms with Crippen LogP contribution in [-0.4, -0.2) is 38.4 Å². The predicted octanol–water partition coefficient (Wildman–Crippen LogP) is -0.425. The minimum atomic E-state index is -5.25. The monoisotopic (exact) mass is 369 g/mol. The molecule has 1 heterocycles. The minimum absolute atomic E-state index is 0.0602. The number of aromatic hydroxyl groups is 1. The van der Waals surface area contributed by atoms with Crippen LogP contribution < -0.4 is 15.4 Å². The van der Waals surface area contributed by atoms with Crippen molar-refractivity contribution in [3.8, 4) is 5.75 Å². The summed E-state index contributed by atoms with van der Waals surface area (Å²) in [5.41, 5.74) is 5.95. The predicted molar refractivity (Wildman–Crippen MR) is 81.6 cm³/mol. The van der Waals surface area contributed by atoms with Gasteiger partial charge in [0.1, 0.15) is 0 Å². The topological polar surface area (TPSA) is 146 Å². The second-order valence-electron chi connectivity index (χ2n) is 4.18. The average molecular weight is 369 g/mol. The molecular formula is C13H16AsN3O5. The van der Waals surface area contributed by atoms with E-state index in [1.807, 2.05) is 0 Å². The number of benzene rings is 1. The Balaban J connectivity index is 0.000000287. The van der Waals surface area contributed by atoms with Crippen LogP contribution in [0.3, 0.4) is 0 Å². The first-order valence-corrected chi connectivity index (χ1v) is 9.41. The first-order valence-electron chi connectivity index (χ1n) is 6.03. The molecular weight excluding hydrogens is 353 g/mol. The molecule has 1 aromatic carbocycles. The van der Waals surface area contributed by atoms with Crippen molar-refractivity contribution in [1.29, 1.82) is 0 Å². The molecule has 8 nitrogen and oxygen atoms in total. The molecule has 0 atom stereocenters. The van der Waals surface area contributed by atoms with Gasteiger partial charge in [0.05, 0.1) is 5.69 Å². The SMILES string of the molecule is CC(=O)Nc1cccc(O)c1[As](=O)(O)O.Nc1cccnc1. The second-order valence-corrected chi connectivity index (χ2v) is 7.41. The zero-order valence-corrected chi connectivity index (χ0v) is 13.5. The normalized spacial score (nSPS) is 10.3. The van der Waals surface area contributed by atoms with Gasteiger partial charge in [-0.05, 0) is 12.1 Å². The van der Waals surface area contributed by atoms with Gasteiger partial charge in [0.25, 0.3) is 0 Å². The first-order chi connectivity index (χ1) is 10.2. The smallest absolute Gasteiger partial charge is 0.0500 e. The Bertz CT molecular complexity index is 687. The van der Waals surface area contributed by atoms with E-state index in [-0.39, 0.29) is 5.69 Å². The van der Waals surface area contributed by atoms with E-state index in [4.69, 9.17) is 13.9 Å². The van der Waals surface area contributed by atoms with E-state index in [0.29, 0.717) is 5.69 Å². The molecule has 0 bridgehead atoms. The van der Waals surface area contributed by atoms with Gasteiger partial charge in [0, 0.05) is 12.4 Å². The van der Waals surface area contributed by atoms with E-state index in [0.717, 1.165) is 6.07 Å². The molecule has 6 N–H and O–H groups in total. The van der Waals surface area contributed by atoms with Gasteiger partial charge in [-0.2, -0.15) is 0 Å². The molecule has 0 radical (unpaired) electrons. The van der Waals surface area contributed by atoms with Gasteiger partial charge in [0.2, 0.25) is 0 Å². The third kappa shape index (κ3) is 5.61. The number of nitrogens with two attached hydrogens (primary N) is 1. The molecule has 0 aliphatic carbocycles. The van der Waals surface area contributed by atoms with Crippen molar-refractivity contribution in [2.45, 2.75) is 6.92 Å². The Kier molecular flexibility index (Phi) is 6.18. The molecule has 0 saturated heterocycles. The van der Waals surface area contributed by atoms with Crippen molar-refractivity contribution in [2.24, 2.45) is 0 Å². The summed E-state index contributed by atoms with van der Waals surface area (Å²) in [6.07, 6.45) is 3.30. The molecule has 1 aromatic heterocycles. The van der Waals surface area contributed by atoms with Gasteiger partial charge in [-0.3, -0.25) is 4.98 Å². The van der Waals surface area contributed by atoms with E-state index in [1.165, 1.54) is 19.1 Å². The summed E-state index contributed by atoms with van der Waals surface area (Å²) in [5, 5.41) is 11.6. The average Bonchev–Trinajstić information content (AvgIpc) is 2.38. The molecule has 118 valence electrons. The van der Waals surface area contributed by atoms with Crippen LogP contribution in [0.1, 0.15) is 6.92 Å². The van der Waals surface area contributed by atoms with Crippen LogP contribution in [0, 0.1) is 0 Å².